The van der Waals surface area contributed by atoms with Crippen molar-refractivity contribution in [1.29, 1.82) is 0 Å². The second-order valence-electron chi connectivity index (χ2n) is 6.09. The molecule has 0 saturated heterocycles. The molecule has 1 aromatic heterocycles. The van der Waals surface area contributed by atoms with E-state index in [1.807, 2.05) is 43.4 Å². The fourth-order valence-electron chi connectivity index (χ4n) is 2.85. The van der Waals surface area contributed by atoms with Crippen LogP contribution in [0.2, 0.25) is 0 Å². The molecular formula is C19H21ClN2O2. The molecule has 0 radical (unpaired) electrons. The van der Waals surface area contributed by atoms with Crippen LogP contribution in [0.15, 0.2) is 52.9 Å². The Balaban J connectivity index is 0.00000169. The topological polar surface area (TPSA) is 47.3 Å². The molecule has 1 aliphatic rings. The van der Waals surface area contributed by atoms with Crippen LogP contribution in [-0.4, -0.2) is 24.7 Å². The van der Waals surface area contributed by atoms with Crippen LogP contribution in [0.5, 0.6) is 0 Å². The lowest BCUT2D eigenvalue weighted by Crippen LogP contribution is -2.13. The van der Waals surface area contributed by atoms with E-state index in [0.717, 1.165) is 23.3 Å². The van der Waals surface area contributed by atoms with E-state index in [1.54, 1.807) is 0 Å². The largest absolute Gasteiger partial charge is 0.436 e. The summed E-state index contributed by atoms with van der Waals surface area (Å²) in [6.45, 7) is 1.49. The molecule has 1 saturated carbocycles. The monoisotopic (exact) mass is 344 g/mol. The summed E-state index contributed by atoms with van der Waals surface area (Å²) in [4.78, 5) is 4.52. The Kier molecular flexibility index (Phi) is 5.19. The van der Waals surface area contributed by atoms with Crippen LogP contribution < -0.4 is 5.32 Å². The van der Waals surface area contributed by atoms with Gasteiger partial charge in [-0.15, -0.1) is 12.4 Å². The number of aromatic nitrogens is 1. The lowest BCUT2D eigenvalue weighted by molar-refractivity contribution is 0.109. The summed E-state index contributed by atoms with van der Waals surface area (Å²) in [5.41, 5.74) is 3.87. The smallest absolute Gasteiger partial charge is 0.227 e. The average Bonchev–Trinajstić information content (AvgIpc) is 3.21. The Labute approximate surface area is 147 Å². The van der Waals surface area contributed by atoms with Crippen molar-refractivity contribution >= 4 is 23.5 Å². The van der Waals surface area contributed by atoms with Crippen LogP contribution in [0.1, 0.15) is 12.0 Å². The summed E-state index contributed by atoms with van der Waals surface area (Å²) in [5.74, 6) is 1.34. The Bertz CT molecular complexity index is 767. The number of hydrogen-bond donors (Lipinski definition) is 1. The van der Waals surface area contributed by atoms with E-state index in [2.05, 4.69) is 22.4 Å². The van der Waals surface area contributed by atoms with Crippen molar-refractivity contribution in [3.63, 3.8) is 0 Å². The number of fused-ring (bicyclic) bond motifs is 1. The van der Waals surface area contributed by atoms with Crippen molar-refractivity contribution in [3.8, 4) is 11.5 Å². The van der Waals surface area contributed by atoms with Crippen molar-refractivity contribution in [2.75, 3.05) is 13.7 Å². The molecule has 4 rings (SSSR count). The van der Waals surface area contributed by atoms with Crippen LogP contribution in [0, 0.1) is 5.92 Å². The molecule has 1 fully saturated rings. The van der Waals surface area contributed by atoms with E-state index in [-0.39, 0.29) is 12.4 Å². The molecule has 3 aromatic rings. The van der Waals surface area contributed by atoms with Crippen molar-refractivity contribution < 1.29 is 9.15 Å². The maximum Gasteiger partial charge on any atom is 0.227 e. The zero-order valence-electron chi connectivity index (χ0n) is 13.6. The fourth-order valence-corrected chi connectivity index (χ4v) is 2.85. The van der Waals surface area contributed by atoms with Crippen LogP contribution in [0.25, 0.3) is 22.6 Å². The Morgan fingerprint density at radius 1 is 1.17 bits per heavy atom. The van der Waals surface area contributed by atoms with E-state index in [1.165, 1.54) is 12.0 Å². The molecule has 1 heterocycles. The van der Waals surface area contributed by atoms with Gasteiger partial charge in [-0.25, -0.2) is 4.98 Å². The number of ether oxygens (including phenoxy) is 1. The quantitative estimate of drug-likeness (QED) is 0.733. The molecule has 1 aliphatic carbocycles. The van der Waals surface area contributed by atoms with Gasteiger partial charge in [-0.1, -0.05) is 24.3 Å². The highest BCUT2D eigenvalue weighted by Crippen LogP contribution is 2.30. The van der Waals surface area contributed by atoms with E-state index in [9.17, 15) is 0 Å². The van der Waals surface area contributed by atoms with Crippen LogP contribution >= 0.6 is 12.4 Å². The first-order valence-electron chi connectivity index (χ1n) is 8.03. The van der Waals surface area contributed by atoms with Gasteiger partial charge in [0.15, 0.2) is 5.58 Å². The SMILES string of the molecule is CNC1CC1COCc1ccc(-c2nc3ccccc3o2)cc1.Cl. The standard InChI is InChI=1S/C19H20N2O2.ClH/c1-20-17-10-15(17)12-22-11-13-6-8-14(9-7-13)19-21-16-4-2-3-5-18(16)23-19;/h2-9,15,17,20H,10-12H2,1H3;1H. The number of rotatable bonds is 6. The third kappa shape index (κ3) is 3.61. The molecule has 0 spiro atoms. The van der Waals surface area contributed by atoms with Crippen LogP contribution in [0.3, 0.4) is 0 Å². The Hall–Kier alpha value is -1.88. The number of nitrogens with one attached hydrogen (secondary N) is 1. The van der Waals surface area contributed by atoms with Gasteiger partial charge >= 0.3 is 0 Å². The zero-order valence-corrected chi connectivity index (χ0v) is 14.4. The fraction of sp³-hybridized carbons (Fsp3) is 0.316. The third-order valence-corrected chi connectivity index (χ3v) is 4.39. The van der Waals surface area contributed by atoms with Crippen LogP contribution in [0.4, 0.5) is 0 Å². The molecule has 2 unspecified atom stereocenters. The molecule has 2 atom stereocenters. The zero-order chi connectivity index (χ0) is 15.6. The minimum atomic E-state index is 0. The highest BCUT2D eigenvalue weighted by molar-refractivity contribution is 5.85. The second-order valence-corrected chi connectivity index (χ2v) is 6.09. The van der Waals surface area contributed by atoms with Gasteiger partial charge in [0.05, 0.1) is 13.2 Å². The maximum absolute atomic E-state index is 5.79. The van der Waals surface area contributed by atoms with E-state index in [4.69, 9.17) is 9.15 Å². The molecule has 0 bridgehead atoms. The summed E-state index contributed by atoms with van der Waals surface area (Å²) < 4.78 is 11.6. The first-order chi connectivity index (χ1) is 11.3. The summed E-state index contributed by atoms with van der Waals surface area (Å²) in [7, 11) is 2.01. The van der Waals surface area contributed by atoms with Gasteiger partial charge in [0, 0.05) is 11.6 Å². The number of halogens is 1. The van der Waals surface area contributed by atoms with Gasteiger partial charge in [-0.3, -0.25) is 0 Å². The number of nitrogens with zero attached hydrogens (tertiary/aromatic N) is 1. The van der Waals surface area contributed by atoms with E-state index >= 15 is 0 Å². The Morgan fingerprint density at radius 2 is 1.96 bits per heavy atom. The molecular weight excluding hydrogens is 324 g/mol. The second kappa shape index (κ2) is 7.34. The first kappa shape index (κ1) is 17.0. The van der Waals surface area contributed by atoms with Crippen molar-refractivity contribution in [1.82, 2.24) is 10.3 Å². The number of hydrogen-bond acceptors (Lipinski definition) is 4. The van der Waals surface area contributed by atoms with Crippen molar-refractivity contribution in [2.24, 2.45) is 5.92 Å². The van der Waals surface area contributed by atoms with Gasteiger partial charge in [0.2, 0.25) is 5.89 Å². The average molecular weight is 345 g/mol. The molecule has 1 N–H and O–H groups in total. The molecule has 126 valence electrons. The molecule has 0 aliphatic heterocycles. The lowest BCUT2D eigenvalue weighted by atomic mass is 10.1. The van der Waals surface area contributed by atoms with Gasteiger partial charge in [0.25, 0.3) is 0 Å². The molecule has 5 heteroatoms. The van der Waals surface area contributed by atoms with Crippen molar-refractivity contribution in [3.05, 3.63) is 54.1 Å². The molecule has 4 nitrogen and oxygen atoms in total. The Morgan fingerprint density at radius 3 is 2.67 bits per heavy atom. The highest BCUT2D eigenvalue weighted by Gasteiger charge is 2.35. The predicted molar refractivity (Wildman–Crippen MR) is 97.3 cm³/mol. The summed E-state index contributed by atoms with van der Waals surface area (Å²) in [6.07, 6.45) is 1.23. The van der Waals surface area contributed by atoms with Gasteiger partial charge < -0.3 is 14.5 Å². The minimum absolute atomic E-state index is 0. The lowest BCUT2D eigenvalue weighted by Gasteiger charge is -2.04. The maximum atomic E-state index is 5.79. The summed E-state index contributed by atoms with van der Waals surface area (Å²) in [5, 5.41) is 3.28. The van der Waals surface area contributed by atoms with Gasteiger partial charge in [0.1, 0.15) is 5.52 Å². The van der Waals surface area contributed by atoms with E-state index in [0.29, 0.717) is 24.5 Å². The molecule has 2 aromatic carbocycles. The summed E-state index contributed by atoms with van der Waals surface area (Å²) >= 11 is 0. The van der Waals surface area contributed by atoms with Gasteiger partial charge in [-0.2, -0.15) is 0 Å². The first-order valence-corrected chi connectivity index (χ1v) is 8.03. The normalized spacial score (nSPS) is 19.2. The summed E-state index contributed by atoms with van der Waals surface area (Å²) in [6, 6.07) is 16.7. The number of benzene rings is 2. The van der Waals surface area contributed by atoms with Gasteiger partial charge in [-0.05, 0) is 49.2 Å². The third-order valence-electron chi connectivity index (χ3n) is 4.39. The highest BCUT2D eigenvalue weighted by atomic mass is 35.5. The molecule has 0 amide bonds. The molecule has 24 heavy (non-hydrogen) atoms. The predicted octanol–water partition coefficient (Wildman–Crippen LogP) is 4.04. The minimum Gasteiger partial charge on any atom is -0.436 e. The number of oxazole rings is 1. The van der Waals surface area contributed by atoms with Crippen LogP contribution in [-0.2, 0) is 11.3 Å². The number of para-hydroxylation sites is 2. The van der Waals surface area contributed by atoms with E-state index < -0.39 is 0 Å². The van der Waals surface area contributed by atoms with Crippen molar-refractivity contribution in [2.45, 2.75) is 19.1 Å².